The van der Waals surface area contributed by atoms with Gasteiger partial charge < -0.3 is 10.1 Å². The van der Waals surface area contributed by atoms with Crippen LogP contribution in [0.2, 0.25) is 0 Å². The fourth-order valence-corrected chi connectivity index (χ4v) is 2.79. The molecule has 1 aliphatic rings. The van der Waals surface area contributed by atoms with Gasteiger partial charge in [0.1, 0.15) is 11.9 Å². The number of ether oxygens (including phenoxy) is 1. The minimum atomic E-state index is -0.0248. The van der Waals surface area contributed by atoms with Crippen molar-refractivity contribution >= 4 is 5.82 Å². The molecule has 21 heavy (non-hydrogen) atoms. The van der Waals surface area contributed by atoms with Gasteiger partial charge in [0.05, 0.1) is 6.61 Å². The van der Waals surface area contributed by atoms with E-state index in [0.717, 1.165) is 50.0 Å². The van der Waals surface area contributed by atoms with Crippen LogP contribution in [0.1, 0.15) is 50.9 Å². The lowest BCUT2D eigenvalue weighted by Crippen LogP contribution is -2.42. The van der Waals surface area contributed by atoms with Crippen LogP contribution >= 0.6 is 0 Å². The van der Waals surface area contributed by atoms with Crippen LogP contribution in [0, 0.1) is 6.92 Å². The van der Waals surface area contributed by atoms with Crippen molar-refractivity contribution in [2.24, 2.45) is 0 Å². The summed E-state index contributed by atoms with van der Waals surface area (Å²) in [5.41, 5.74) is 2.26. The average molecular weight is 292 g/mol. The van der Waals surface area contributed by atoms with Gasteiger partial charge in [-0.25, -0.2) is 9.97 Å². The molecule has 1 unspecified atom stereocenters. The molecule has 2 heterocycles. The van der Waals surface area contributed by atoms with Crippen LogP contribution in [0.4, 0.5) is 5.82 Å². The first-order valence-electron chi connectivity index (χ1n) is 8.03. The third kappa shape index (κ3) is 3.71. The molecule has 118 valence electrons. The van der Waals surface area contributed by atoms with Gasteiger partial charge in [0.25, 0.3) is 0 Å². The summed E-state index contributed by atoms with van der Waals surface area (Å²) in [5, 5.41) is 3.36. The summed E-state index contributed by atoms with van der Waals surface area (Å²) in [6.07, 6.45) is 0.918. The van der Waals surface area contributed by atoms with Crippen molar-refractivity contribution in [3.63, 3.8) is 0 Å². The van der Waals surface area contributed by atoms with Crippen molar-refractivity contribution in [3.8, 4) is 0 Å². The molecule has 2 rings (SSSR count). The smallest absolute Gasteiger partial charge is 0.161 e. The number of nitrogens with one attached hydrogen (secondary N) is 1. The van der Waals surface area contributed by atoms with Crippen LogP contribution in [0.3, 0.4) is 0 Å². The van der Waals surface area contributed by atoms with Gasteiger partial charge in [-0.15, -0.1) is 0 Å². The van der Waals surface area contributed by atoms with E-state index in [1.54, 1.807) is 0 Å². The quantitative estimate of drug-likeness (QED) is 0.904. The van der Waals surface area contributed by atoms with Gasteiger partial charge in [-0.3, -0.25) is 4.90 Å². The van der Waals surface area contributed by atoms with Crippen LogP contribution in [-0.2, 0) is 11.2 Å². The molecule has 5 nitrogen and oxygen atoms in total. The number of rotatable bonds is 5. The molecular formula is C16H28N4O. The Labute approximate surface area is 128 Å². The van der Waals surface area contributed by atoms with Gasteiger partial charge in [0, 0.05) is 36.9 Å². The minimum absolute atomic E-state index is 0.0248. The van der Waals surface area contributed by atoms with E-state index in [4.69, 9.17) is 14.7 Å². The maximum Gasteiger partial charge on any atom is 0.161 e. The van der Waals surface area contributed by atoms with Crippen molar-refractivity contribution < 1.29 is 4.74 Å². The van der Waals surface area contributed by atoms with E-state index in [2.05, 4.69) is 44.8 Å². The largest absolute Gasteiger partial charge is 0.370 e. The van der Waals surface area contributed by atoms with Gasteiger partial charge >= 0.3 is 0 Å². The number of aryl methyl sites for hydroxylation is 1. The Bertz CT molecular complexity index is 476. The number of hydrogen-bond acceptors (Lipinski definition) is 5. The molecule has 0 amide bonds. The van der Waals surface area contributed by atoms with Crippen LogP contribution in [-0.4, -0.2) is 47.2 Å². The summed E-state index contributed by atoms with van der Waals surface area (Å²) in [6.45, 7) is 14.2. The van der Waals surface area contributed by atoms with E-state index in [1.165, 1.54) is 5.56 Å². The summed E-state index contributed by atoms with van der Waals surface area (Å²) < 4.78 is 5.91. The van der Waals surface area contributed by atoms with Gasteiger partial charge in [0.2, 0.25) is 0 Å². The van der Waals surface area contributed by atoms with E-state index in [0.29, 0.717) is 6.04 Å². The highest BCUT2D eigenvalue weighted by molar-refractivity contribution is 5.46. The molecule has 1 aromatic heterocycles. The first kappa shape index (κ1) is 16.2. The normalized spacial score (nSPS) is 20.0. The zero-order valence-electron chi connectivity index (χ0n) is 13.9. The fourth-order valence-electron chi connectivity index (χ4n) is 2.79. The first-order valence-corrected chi connectivity index (χ1v) is 8.03. The Hall–Kier alpha value is -1.20. The van der Waals surface area contributed by atoms with Gasteiger partial charge in [-0.05, 0) is 34.1 Å². The first-order chi connectivity index (χ1) is 10.1. The van der Waals surface area contributed by atoms with Crippen LogP contribution in [0.15, 0.2) is 0 Å². The van der Waals surface area contributed by atoms with E-state index < -0.39 is 0 Å². The van der Waals surface area contributed by atoms with E-state index in [9.17, 15) is 0 Å². The number of aromatic nitrogens is 2. The number of hydrogen-bond donors (Lipinski definition) is 1. The molecule has 1 N–H and O–H groups in total. The Balaban J connectivity index is 2.26. The molecule has 1 fully saturated rings. The maximum absolute atomic E-state index is 5.91. The highest BCUT2D eigenvalue weighted by atomic mass is 16.5. The number of nitrogens with zero attached hydrogens (tertiary/aromatic N) is 3. The highest BCUT2D eigenvalue weighted by Gasteiger charge is 2.26. The molecule has 0 aliphatic carbocycles. The van der Waals surface area contributed by atoms with E-state index >= 15 is 0 Å². The summed E-state index contributed by atoms with van der Waals surface area (Å²) >= 11 is 0. The molecule has 1 atom stereocenters. The van der Waals surface area contributed by atoms with Crippen molar-refractivity contribution in [2.45, 2.75) is 53.2 Å². The molecule has 0 spiro atoms. The van der Waals surface area contributed by atoms with E-state index in [-0.39, 0.29) is 6.10 Å². The highest BCUT2D eigenvalue weighted by Crippen LogP contribution is 2.25. The second kappa shape index (κ2) is 7.18. The second-order valence-corrected chi connectivity index (χ2v) is 5.83. The summed E-state index contributed by atoms with van der Waals surface area (Å²) in [6, 6.07) is 0.528. The molecule has 0 aromatic carbocycles. The molecule has 0 bridgehead atoms. The third-order valence-electron chi connectivity index (χ3n) is 4.05. The lowest BCUT2D eigenvalue weighted by Gasteiger charge is -2.35. The molecule has 1 saturated heterocycles. The van der Waals surface area contributed by atoms with Crippen LogP contribution in [0.5, 0.6) is 0 Å². The molecule has 1 aromatic rings. The SMILES string of the molecule is CCNc1nc(C2CN(C(C)C)CCO2)nc(C)c1CC. The average Bonchev–Trinajstić information content (AvgIpc) is 2.47. The Morgan fingerprint density at radius 3 is 2.71 bits per heavy atom. The van der Waals surface area contributed by atoms with Crippen LogP contribution < -0.4 is 5.32 Å². The molecule has 0 saturated carbocycles. The number of anilines is 1. The summed E-state index contributed by atoms with van der Waals surface area (Å²) in [7, 11) is 0. The zero-order chi connectivity index (χ0) is 15.4. The molecule has 1 aliphatic heterocycles. The molecular weight excluding hydrogens is 264 g/mol. The Morgan fingerprint density at radius 1 is 1.33 bits per heavy atom. The standard InChI is InChI=1S/C16H28N4O/c1-6-13-12(5)18-16(19-15(13)17-7-2)14-10-20(11(3)4)8-9-21-14/h11,14H,6-10H2,1-5H3,(H,17,18,19). The predicted molar refractivity (Wildman–Crippen MR) is 85.7 cm³/mol. The number of morpholine rings is 1. The van der Waals surface area contributed by atoms with Crippen molar-refractivity contribution in [1.29, 1.82) is 0 Å². The monoisotopic (exact) mass is 292 g/mol. The lowest BCUT2D eigenvalue weighted by atomic mass is 10.1. The van der Waals surface area contributed by atoms with Crippen molar-refractivity contribution in [1.82, 2.24) is 14.9 Å². The summed E-state index contributed by atoms with van der Waals surface area (Å²) in [5.74, 6) is 1.78. The van der Waals surface area contributed by atoms with Crippen molar-refractivity contribution in [2.75, 3.05) is 31.6 Å². The van der Waals surface area contributed by atoms with E-state index in [1.807, 2.05) is 0 Å². The Kier molecular flexibility index (Phi) is 5.53. The predicted octanol–water partition coefficient (Wildman–Crippen LogP) is 2.56. The zero-order valence-corrected chi connectivity index (χ0v) is 13.9. The fraction of sp³-hybridized carbons (Fsp3) is 0.750. The second-order valence-electron chi connectivity index (χ2n) is 5.83. The Morgan fingerprint density at radius 2 is 2.10 bits per heavy atom. The minimum Gasteiger partial charge on any atom is -0.370 e. The molecule has 0 radical (unpaired) electrons. The lowest BCUT2D eigenvalue weighted by molar-refractivity contribution is -0.0443. The summed E-state index contributed by atoms with van der Waals surface area (Å²) in [4.78, 5) is 11.9. The van der Waals surface area contributed by atoms with Gasteiger partial charge in [-0.1, -0.05) is 6.92 Å². The van der Waals surface area contributed by atoms with Gasteiger partial charge in [-0.2, -0.15) is 0 Å². The topological polar surface area (TPSA) is 50.3 Å². The van der Waals surface area contributed by atoms with Gasteiger partial charge in [0.15, 0.2) is 5.82 Å². The van der Waals surface area contributed by atoms with Crippen LogP contribution in [0.25, 0.3) is 0 Å². The third-order valence-corrected chi connectivity index (χ3v) is 4.05. The van der Waals surface area contributed by atoms with Crippen molar-refractivity contribution in [3.05, 3.63) is 17.1 Å². The molecule has 5 heteroatoms. The maximum atomic E-state index is 5.91.